The third kappa shape index (κ3) is 3.34. The minimum absolute atomic E-state index is 0.733. The van der Waals surface area contributed by atoms with Gasteiger partial charge in [-0.25, -0.2) is 0 Å². The number of nitrogen functional groups attached to an aromatic ring is 1. The molecular weight excluding hydrogens is 320 g/mol. The molecule has 0 radical (unpaired) electrons. The van der Waals surface area contributed by atoms with Crippen LogP contribution in [0.15, 0.2) is 48.7 Å². The lowest BCUT2D eigenvalue weighted by Gasteiger charge is -2.36. The fourth-order valence-corrected chi connectivity index (χ4v) is 4.60. The Balaban J connectivity index is 1.40. The Hall–Kier alpha value is -2.33. The Labute approximate surface area is 155 Å². The molecule has 0 saturated carbocycles. The van der Waals surface area contributed by atoms with Crippen molar-refractivity contribution in [3.63, 3.8) is 0 Å². The number of hydrogen-bond donors (Lipinski definition) is 2. The molecule has 2 fully saturated rings. The van der Waals surface area contributed by atoms with E-state index in [1.54, 1.807) is 6.20 Å². The van der Waals surface area contributed by atoms with Gasteiger partial charge in [0.25, 0.3) is 0 Å². The third-order valence-corrected chi connectivity index (χ3v) is 6.19. The lowest BCUT2D eigenvalue weighted by molar-refractivity contribution is 0.135. The van der Waals surface area contributed by atoms with Crippen LogP contribution in [0.1, 0.15) is 37.7 Å². The zero-order valence-electron chi connectivity index (χ0n) is 15.4. The molecule has 2 bridgehead atoms. The van der Waals surface area contributed by atoms with Gasteiger partial charge in [-0.1, -0.05) is 18.2 Å². The Morgan fingerprint density at radius 2 is 2.00 bits per heavy atom. The van der Waals surface area contributed by atoms with Gasteiger partial charge in [0.1, 0.15) is 0 Å². The van der Waals surface area contributed by atoms with Crippen molar-refractivity contribution in [1.29, 1.82) is 0 Å². The van der Waals surface area contributed by atoms with Crippen LogP contribution in [0.5, 0.6) is 0 Å². The Bertz CT molecular complexity index is 840. The van der Waals surface area contributed by atoms with E-state index in [-0.39, 0.29) is 0 Å². The largest absolute Gasteiger partial charge is 0.398 e. The van der Waals surface area contributed by atoms with Gasteiger partial charge in [0.15, 0.2) is 0 Å². The number of anilines is 1. The molecule has 2 unspecified atom stereocenters. The molecule has 2 atom stereocenters. The summed E-state index contributed by atoms with van der Waals surface area (Å²) in [4.78, 5) is 6.93. The predicted octanol–water partition coefficient (Wildman–Crippen LogP) is 3.94. The summed E-state index contributed by atoms with van der Waals surface area (Å²) in [6.45, 7) is 0. The highest BCUT2D eigenvalue weighted by Gasteiger charge is 2.37. The van der Waals surface area contributed by atoms with Crippen molar-refractivity contribution in [3.05, 3.63) is 54.3 Å². The second kappa shape index (κ2) is 7.12. The topological polar surface area (TPSA) is 68.2 Å². The number of nitrogens with zero attached hydrogens (tertiary/aromatic N) is 2. The first-order valence-corrected chi connectivity index (χ1v) is 9.60. The number of allylic oxidation sites excluding steroid dienone is 3. The van der Waals surface area contributed by atoms with E-state index in [4.69, 9.17) is 11.5 Å². The second-order valence-electron chi connectivity index (χ2n) is 7.81. The summed E-state index contributed by atoms with van der Waals surface area (Å²) in [5.74, 6) is 0.820. The van der Waals surface area contributed by atoms with E-state index in [0.29, 0.717) is 0 Å². The number of nitrogens with two attached hydrogens (primary N) is 2. The molecule has 1 aromatic heterocycles. The fraction of sp³-hybridized carbons (Fsp3) is 0.409. The summed E-state index contributed by atoms with van der Waals surface area (Å²) in [6, 6.07) is 9.43. The monoisotopic (exact) mass is 348 g/mol. The summed E-state index contributed by atoms with van der Waals surface area (Å²) in [7, 11) is 2.30. The van der Waals surface area contributed by atoms with Crippen LogP contribution in [-0.4, -0.2) is 29.0 Å². The van der Waals surface area contributed by atoms with E-state index in [1.165, 1.54) is 25.7 Å². The van der Waals surface area contributed by atoms with E-state index in [0.717, 1.165) is 52.3 Å². The van der Waals surface area contributed by atoms with Gasteiger partial charge >= 0.3 is 0 Å². The Morgan fingerprint density at radius 1 is 1.23 bits per heavy atom. The van der Waals surface area contributed by atoms with Crippen LogP contribution in [-0.2, 0) is 0 Å². The average molecular weight is 348 g/mol. The van der Waals surface area contributed by atoms with Crippen LogP contribution in [0.25, 0.3) is 16.6 Å². The van der Waals surface area contributed by atoms with Crippen molar-refractivity contribution in [3.8, 4) is 0 Å². The van der Waals surface area contributed by atoms with Gasteiger partial charge < -0.3 is 16.4 Å². The van der Waals surface area contributed by atoms with Crippen molar-refractivity contribution >= 4 is 22.3 Å². The molecule has 2 aliphatic heterocycles. The SMILES string of the molecule is CN1C2CCC1CC(C/C=C\C=C(/N)c1ccc3nccc(N)c3c1)C2. The van der Waals surface area contributed by atoms with Crippen LogP contribution in [0, 0.1) is 5.92 Å². The van der Waals surface area contributed by atoms with E-state index in [9.17, 15) is 0 Å². The summed E-state index contributed by atoms with van der Waals surface area (Å²) >= 11 is 0. The molecule has 4 heteroatoms. The number of rotatable bonds is 4. The Kier molecular flexibility index (Phi) is 4.68. The molecule has 26 heavy (non-hydrogen) atoms. The number of pyridine rings is 1. The summed E-state index contributed by atoms with van der Waals surface area (Å²) in [5.41, 5.74) is 15.7. The molecule has 0 aliphatic carbocycles. The zero-order chi connectivity index (χ0) is 18.1. The van der Waals surface area contributed by atoms with Gasteiger partial charge in [-0.3, -0.25) is 4.98 Å². The van der Waals surface area contributed by atoms with Crippen molar-refractivity contribution in [2.24, 2.45) is 11.7 Å². The molecule has 0 amide bonds. The first kappa shape index (κ1) is 17.1. The molecule has 4 rings (SSSR count). The molecule has 4 nitrogen and oxygen atoms in total. The van der Waals surface area contributed by atoms with Crippen LogP contribution in [0.4, 0.5) is 5.69 Å². The molecule has 3 heterocycles. The standard InChI is InChI=1S/C22H28N4/c1-26-17-7-8-18(26)13-15(12-17)4-2-3-5-20(23)16-6-9-22-19(14-16)21(24)10-11-25-22/h2-3,5-6,9-11,14-15,17-18H,4,7-8,12-13,23H2,1H3,(H2,24,25)/b3-2-,20-5-. The van der Waals surface area contributed by atoms with Crippen molar-refractivity contribution in [2.45, 2.75) is 44.2 Å². The van der Waals surface area contributed by atoms with E-state index < -0.39 is 0 Å². The molecule has 2 aliphatic rings. The Morgan fingerprint density at radius 3 is 2.77 bits per heavy atom. The van der Waals surface area contributed by atoms with Gasteiger partial charge in [-0.05, 0) is 74.9 Å². The van der Waals surface area contributed by atoms with Crippen molar-refractivity contribution in [1.82, 2.24) is 9.88 Å². The van der Waals surface area contributed by atoms with Crippen molar-refractivity contribution in [2.75, 3.05) is 12.8 Å². The summed E-state index contributed by atoms with van der Waals surface area (Å²) < 4.78 is 0. The molecule has 136 valence electrons. The summed E-state index contributed by atoms with van der Waals surface area (Å²) in [5, 5.41) is 0.951. The second-order valence-corrected chi connectivity index (χ2v) is 7.81. The van der Waals surface area contributed by atoms with E-state index >= 15 is 0 Å². The van der Waals surface area contributed by atoms with Crippen LogP contribution < -0.4 is 11.5 Å². The maximum absolute atomic E-state index is 6.27. The average Bonchev–Trinajstić information content (AvgIpc) is 2.86. The number of benzene rings is 1. The quantitative estimate of drug-likeness (QED) is 0.821. The van der Waals surface area contributed by atoms with E-state index in [2.05, 4.69) is 29.1 Å². The highest BCUT2D eigenvalue weighted by atomic mass is 15.2. The van der Waals surface area contributed by atoms with Crippen LogP contribution >= 0.6 is 0 Å². The molecule has 1 aromatic carbocycles. The molecule has 2 aromatic rings. The van der Waals surface area contributed by atoms with Gasteiger partial charge in [0.2, 0.25) is 0 Å². The van der Waals surface area contributed by atoms with Crippen LogP contribution in [0.3, 0.4) is 0 Å². The van der Waals surface area contributed by atoms with Crippen LogP contribution in [0.2, 0.25) is 0 Å². The maximum atomic E-state index is 6.27. The summed E-state index contributed by atoms with van der Waals surface area (Å²) in [6.07, 6.45) is 14.7. The van der Waals surface area contributed by atoms with Gasteiger partial charge in [0, 0.05) is 35.1 Å². The van der Waals surface area contributed by atoms with E-state index in [1.807, 2.05) is 30.3 Å². The number of fused-ring (bicyclic) bond motifs is 3. The lowest BCUT2D eigenvalue weighted by atomic mass is 9.88. The van der Waals surface area contributed by atoms with Gasteiger partial charge in [-0.15, -0.1) is 0 Å². The smallest absolute Gasteiger partial charge is 0.0723 e. The predicted molar refractivity (Wildman–Crippen MR) is 109 cm³/mol. The maximum Gasteiger partial charge on any atom is 0.0723 e. The first-order valence-electron chi connectivity index (χ1n) is 9.60. The lowest BCUT2D eigenvalue weighted by Crippen LogP contribution is -2.39. The normalized spacial score (nSPS) is 26.8. The number of aromatic nitrogens is 1. The highest BCUT2D eigenvalue weighted by molar-refractivity contribution is 5.92. The zero-order valence-corrected chi connectivity index (χ0v) is 15.4. The minimum Gasteiger partial charge on any atom is -0.398 e. The highest BCUT2D eigenvalue weighted by Crippen LogP contribution is 2.38. The third-order valence-electron chi connectivity index (χ3n) is 6.19. The van der Waals surface area contributed by atoms with Crippen molar-refractivity contribution < 1.29 is 0 Å². The first-order chi connectivity index (χ1) is 12.6. The molecule has 0 spiro atoms. The molecule has 4 N–H and O–H groups in total. The number of hydrogen-bond acceptors (Lipinski definition) is 4. The molecular formula is C22H28N4. The van der Waals surface area contributed by atoms with Gasteiger partial charge in [0.05, 0.1) is 5.52 Å². The number of piperidine rings is 1. The molecule has 2 saturated heterocycles. The van der Waals surface area contributed by atoms with Gasteiger partial charge in [-0.2, -0.15) is 0 Å². The fourth-order valence-electron chi connectivity index (χ4n) is 4.60. The minimum atomic E-state index is 0.733.